The van der Waals surface area contributed by atoms with Gasteiger partial charge in [-0.2, -0.15) is 0 Å². The fraction of sp³-hybridized carbons (Fsp3) is 0.286. The highest BCUT2D eigenvalue weighted by Gasteiger charge is 1.87. The van der Waals surface area contributed by atoms with E-state index in [0.717, 1.165) is 5.03 Å². The molecule has 1 heterocycles. The van der Waals surface area contributed by atoms with E-state index in [0.29, 0.717) is 0 Å². The van der Waals surface area contributed by atoms with Crippen LogP contribution in [-0.2, 0) is 0 Å². The van der Waals surface area contributed by atoms with Gasteiger partial charge >= 0.3 is 0 Å². The van der Waals surface area contributed by atoms with Crippen molar-refractivity contribution in [1.82, 2.24) is 4.98 Å². The van der Waals surface area contributed by atoms with E-state index < -0.39 is 0 Å². The highest BCUT2D eigenvalue weighted by atomic mass is 32.2. The van der Waals surface area contributed by atoms with Crippen molar-refractivity contribution in [3.63, 3.8) is 0 Å². The van der Waals surface area contributed by atoms with Gasteiger partial charge in [0.05, 0.1) is 5.03 Å². The molecule has 0 atom stereocenters. The number of pyridine rings is 1. The van der Waals surface area contributed by atoms with E-state index in [2.05, 4.69) is 11.1 Å². The Kier molecular flexibility index (Phi) is 2.11. The molecule has 48 valence electrons. The standard InChI is InChI=1S/C7H9NS/c1-6-3-4-7(9-2)8-5-6/h3-5H,1-2H3. The second-order valence-electron chi connectivity index (χ2n) is 1.88. The third kappa shape index (κ3) is 1.72. The molecule has 1 aromatic heterocycles. The van der Waals surface area contributed by atoms with E-state index >= 15 is 0 Å². The van der Waals surface area contributed by atoms with Crippen LogP contribution >= 0.6 is 11.8 Å². The van der Waals surface area contributed by atoms with Crippen LogP contribution in [0, 0.1) is 6.92 Å². The minimum absolute atomic E-state index is 1.08. The largest absolute Gasteiger partial charge is 0.250 e. The van der Waals surface area contributed by atoms with Gasteiger partial charge in [-0.3, -0.25) is 0 Å². The average molecular weight is 139 g/mol. The second kappa shape index (κ2) is 2.87. The van der Waals surface area contributed by atoms with Crippen molar-refractivity contribution in [3.05, 3.63) is 23.9 Å². The van der Waals surface area contributed by atoms with Crippen molar-refractivity contribution >= 4 is 11.8 Å². The molecule has 9 heavy (non-hydrogen) atoms. The monoisotopic (exact) mass is 139 g/mol. The van der Waals surface area contributed by atoms with Gasteiger partial charge in [-0.05, 0) is 24.8 Å². The van der Waals surface area contributed by atoms with Gasteiger partial charge in [0, 0.05) is 6.20 Å². The second-order valence-corrected chi connectivity index (χ2v) is 2.70. The Hall–Kier alpha value is -0.500. The Labute approximate surface area is 59.5 Å². The van der Waals surface area contributed by atoms with Crippen LogP contribution in [0.25, 0.3) is 0 Å². The summed E-state index contributed by atoms with van der Waals surface area (Å²) in [6, 6.07) is 4.10. The van der Waals surface area contributed by atoms with Crippen molar-refractivity contribution in [3.8, 4) is 0 Å². The van der Waals surface area contributed by atoms with E-state index in [4.69, 9.17) is 0 Å². The highest BCUT2D eigenvalue weighted by Crippen LogP contribution is 2.09. The molecule has 0 spiro atoms. The lowest BCUT2D eigenvalue weighted by atomic mass is 10.3. The summed E-state index contributed by atoms with van der Waals surface area (Å²) in [5, 5.41) is 1.08. The molecule has 0 aliphatic heterocycles. The minimum atomic E-state index is 1.08. The number of aromatic nitrogens is 1. The van der Waals surface area contributed by atoms with Crippen molar-refractivity contribution in [2.75, 3.05) is 6.26 Å². The molecule has 0 N–H and O–H groups in total. The zero-order valence-electron chi connectivity index (χ0n) is 5.59. The quantitative estimate of drug-likeness (QED) is 0.553. The number of nitrogens with zero attached hydrogens (tertiary/aromatic N) is 1. The summed E-state index contributed by atoms with van der Waals surface area (Å²) in [6.45, 7) is 2.04. The molecule has 0 aromatic carbocycles. The van der Waals surface area contributed by atoms with Gasteiger partial charge in [0.25, 0.3) is 0 Å². The summed E-state index contributed by atoms with van der Waals surface area (Å²) < 4.78 is 0. The van der Waals surface area contributed by atoms with Crippen molar-refractivity contribution in [2.45, 2.75) is 11.9 Å². The molecule has 0 fully saturated rings. The van der Waals surface area contributed by atoms with E-state index in [1.165, 1.54) is 5.56 Å². The summed E-state index contributed by atoms with van der Waals surface area (Å²) in [7, 11) is 0. The molecular weight excluding hydrogens is 130 g/mol. The molecule has 0 bridgehead atoms. The fourth-order valence-corrected chi connectivity index (χ4v) is 0.937. The minimum Gasteiger partial charge on any atom is -0.250 e. The Balaban J connectivity index is 2.88. The molecule has 0 saturated heterocycles. The molecule has 1 rings (SSSR count). The van der Waals surface area contributed by atoms with Gasteiger partial charge in [0.15, 0.2) is 0 Å². The van der Waals surface area contributed by atoms with Gasteiger partial charge in [0.2, 0.25) is 0 Å². The normalized spacial score (nSPS) is 9.56. The molecule has 0 aliphatic carbocycles. The van der Waals surface area contributed by atoms with Crippen LogP contribution in [0.3, 0.4) is 0 Å². The van der Waals surface area contributed by atoms with E-state index in [1.54, 1.807) is 11.8 Å². The maximum absolute atomic E-state index is 4.16. The zero-order valence-corrected chi connectivity index (χ0v) is 6.40. The lowest BCUT2D eigenvalue weighted by Crippen LogP contribution is -1.77. The first kappa shape index (κ1) is 6.62. The van der Waals surface area contributed by atoms with Crippen LogP contribution < -0.4 is 0 Å². The maximum atomic E-state index is 4.16. The Morgan fingerprint density at radius 3 is 2.67 bits per heavy atom. The lowest BCUT2D eigenvalue weighted by Gasteiger charge is -1.92. The predicted octanol–water partition coefficient (Wildman–Crippen LogP) is 2.11. The molecule has 0 radical (unpaired) electrons. The zero-order chi connectivity index (χ0) is 6.69. The average Bonchev–Trinajstić information content (AvgIpc) is 1.90. The first-order chi connectivity index (χ1) is 4.33. The Bertz CT molecular complexity index is 181. The van der Waals surface area contributed by atoms with Gasteiger partial charge < -0.3 is 0 Å². The number of thioether (sulfide) groups is 1. The molecule has 1 nitrogen and oxygen atoms in total. The van der Waals surface area contributed by atoms with Gasteiger partial charge in [0.1, 0.15) is 0 Å². The SMILES string of the molecule is CSc1ccc(C)cn1. The van der Waals surface area contributed by atoms with Crippen LogP contribution in [0.5, 0.6) is 0 Å². The third-order valence-corrected chi connectivity index (χ3v) is 1.75. The number of hydrogen-bond donors (Lipinski definition) is 0. The number of aryl methyl sites for hydroxylation is 1. The molecule has 0 unspecified atom stereocenters. The Morgan fingerprint density at radius 2 is 2.22 bits per heavy atom. The van der Waals surface area contributed by atoms with Crippen molar-refractivity contribution in [2.24, 2.45) is 0 Å². The van der Waals surface area contributed by atoms with Crippen LogP contribution in [0.15, 0.2) is 23.4 Å². The molecular formula is C7H9NS. The molecule has 0 saturated carbocycles. The maximum Gasteiger partial charge on any atom is 0.0957 e. The van der Waals surface area contributed by atoms with Crippen molar-refractivity contribution in [1.29, 1.82) is 0 Å². The summed E-state index contributed by atoms with van der Waals surface area (Å²) in [4.78, 5) is 4.16. The molecule has 0 amide bonds. The summed E-state index contributed by atoms with van der Waals surface area (Å²) in [6.07, 6.45) is 3.91. The molecule has 1 aromatic rings. The molecule has 2 heteroatoms. The first-order valence-corrected chi connectivity index (χ1v) is 4.02. The molecule has 0 aliphatic rings. The van der Waals surface area contributed by atoms with Crippen molar-refractivity contribution < 1.29 is 0 Å². The van der Waals surface area contributed by atoms with E-state index in [-0.39, 0.29) is 0 Å². The predicted molar refractivity (Wildman–Crippen MR) is 40.8 cm³/mol. The summed E-state index contributed by atoms with van der Waals surface area (Å²) >= 11 is 1.67. The summed E-state index contributed by atoms with van der Waals surface area (Å²) in [5.41, 5.74) is 1.22. The van der Waals surface area contributed by atoms with Gasteiger partial charge in [-0.1, -0.05) is 6.07 Å². The fourth-order valence-electron chi connectivity index (χ4n) is 0.575. The topological polar surface area (TPSA) is 12.9 Å². The van der Waals surface area contributed by atoms with Crippen LogP contribution in [0.2, 0.25) is 0 Å². The van der Waals surface area contributed by atoms with Crippen LogP contribution in [0.4, 0.5) is 0 Å². The van der Waals surface area contributed by atoms with E-state index in [1.807, 2.05) is 25.4 Å². The van der Waals surface area contributed by atoms with Crippen LogP contribution in [0.1, 0.15) is 5.56 Å². The van der Waals surface area contributed by atoms with E-state index in [9.17, 15) is 0 Å². The highest BCUT2D eigenvalue weighted by molar-refractivity contribution is 7.98. The van der Waals surface area contributed by atoms with Gasteiger partial charge in [-0.25, -0.2) is 4.98 Å². The number of rotatable bonds is 1. The van der Waals surface area contributed by atoms with Gasteiger partial charge in [-0.15, -0.1) is 11.8 Å². The first-order valence-electron chi connectivity index (χ1n) is 2.79. The smallest absolute Gasteiger partial charge is 0.0957 e. The van der Waals surface area contributed by atoms with Crippen LogP contribution in [-0.4, -0.2) is 11.2 Å². The number of hydrogen-bond acceptors (Lipinski definition) is 2. The summed E-state index contributed by atoms with van der Waals surface area (Å²) in [5.74, 6) is 0. The third-order valence-electron chi connectivity index (χ3n) is 1.09. The Morgan fingerprint density at radius 1 is 1.44 bits per heavy atom. The lowest BCUT2D eigenvalue weighted by molar-refractivity contribution is 1.11.